The van der Waals surface area contributed by atoms with Crippen LogP contribution >= 0.6 is 11.3 Å². The minimum atomic E-state index is -3.21. The summed E-state index contributed by atoms with van der Waals surface area (Å²) in [6.07, 6.45) is 4.44. The fourth-order valence-corrected chi connectivity index (χ4v) is 6.35. The zero-order valence-electron chi connectivity index (χ0n) is 17.1. The molecule has 0 radical (unpaired) electrons. The highest BCUT2D eigenvalue weighted by Gasteiger charge is 2.46. The summed E-state index contributed by atoms with van der Waals surface area (Å²) in [5, 5.41) is 1.08. The SMILES string of the molecule is CC(C)c1nc2c(s1)CN(C(=O)Cc1ccco1)CC21CCN(S(C)(=O)=O)CC1. The third-order valence-corrected chi connectivity index (χ3v) is 8.59. The number of hydrogen-bond acceptors (Lipinski definition) is 6. The van der Waals surface area contributed by atoms with Gasteiger partial charge in [0.15, 0.2) is 0 Å². The summed E-state index contributed by atoms with van der Waals surface area (Å²) >= 11 is 1.69. The zero-order chi connectivity index (χ0) is 20.8. The maximum absolute atomic E-state index is 13.0. The van der Waals surface area contributed by atoms with Crippen LogP contribution in [0.2, 0.25) is 0 Å². The molecule has 158 valence electrons. The van der Waals surface area contributed by atoms with Crippen LogP contribution in [0.4, 0.5) is 0 Å². The van der Waals surface area contributed by atoms with Crippen LogP contribution in [-0.2, 0) is 33.2 Å². The Balaban J connectivity index is 1.64. The molecule has 2 aliphatic heterocycles. The van der Waals surface area contributed by atoms with Gasteiger partial charge < -0.3 is 9.32 Å². The van der Waals surface area contributed by atoms with Crippen LogP contribution in [0.5, 0.6) is 0 Å². The minimum absolute atomic E-state index is 0.0371. The van der Waals surface area contributed by atoms with E-state index in [0.717, 1.165) is 15.6 Å². The van der Waals surface area contributed by atoms with Crippen molar-refractivity contribution < 1.29 is 17.6 Å². The maximum atomic E-state index is 13.0. The first-order chi connectivity index (χ1) is 13.7. The normalized spacial score (nSPS) is 19.7. The number of hydrogen-bond donors (Lipinski definition) is 0. The summed E-state index contributed by atoms with van der Waals surface area (Å²) in [4.78, 5) is 21.0. The summed E-state index contributed by atoms with van der Waals surface area (Å²) in [7, 11) is -3.21. The molecule has 0 atom stereocenters. The summed E-state index contributed by atoms with van der Waals surface area (Å²) in [6, 6.07) is 3.61. The quantitative estimate of drug-likeness (QED) is 0.734. The van der Waals surface area contributed by atoms with Crippen LogP contribution in [0.1, 0.15) is 53.9 Å². The van der Waals surface area contributed by atoms with Gasteiger partial charge in [-0.3, -0.25) is 4.79 Å². The van der Waals surface area contributed by atoms with E-state index in [1.54, 1.807) is 23.7 Å². The predicted octanol–water partition coefficient (Wildman–Crippen LogP) is 2.74. The molecule has 7 nitrogen and oxygen atoms in total. The first-order valence-electron chi connectivity index (χ1n) is 9.93. The van der Waals surface area contributed by atoms with Crippen LogP contribution in [0.3, 0.4) is 0 Å². The lowest BCUT2D eigenvalue weighted by Gasteiger charge is -2.46. The average molecular weight is 438 g/mol. The second-order valence-corrected chi connectivity index (χ2v) is 11.5. The first kappa shape index (κ1) is 20.6. The molecular weight excluding hydrogens is 410 g/mol. The molecule has 0 unspecified atom stereocenters. The standard InChI is InChI=1S/C20H27N3O4S2/c1-14(2)19-21-18-16(28-19)12-22(17(24)11-15-5-4-10-27-15)13-20(18)6-8-23(9-7-20)29(3,25)26/h4-5,10,14H,6-9,11-13H2,1-3H3. The smallest absolute Gasteiger partial charge is 0.230 e. The number of fused-ring (bicyclic) bond motifs is 2. The van der Waals surface area contributed by atoms with E-state index in [0.29, 0.717) is 50.7 Å². The van der Waals surface area contributed by atoms with Crippen LogP contribution in [0, 0.1) is 0 Å². The number of rotatable bonds is 4. The van der Waals surface area contributed by atoms with Crippen molar-refractivity contribution in [3.8, 4) is 0 Å². The number of piperidine rings is 1. The van der Waals surface area contributed by atoms with Gasteiger partial charge in [0.2, 0.25) is 15.9 Å². The molecule has 0 bridgehead atoms. The second-order valence-electron chi connectivity index (χ2n) is 8.43. The van der Waals surface area contributed by atoms with Crippen LogP contribution in [-0.4, -0.2) is 54.4 Å². The van der Waals surface area contributed by atoms with Gasteiger partial charge in [0.1, 0.15) is 5.76 Å². The fraction of sp³-hybridized carbons (Fsp3) is 0.600. The lowest BCUT2D eigenvalue weighted by molar-refractivity contribution is -0.133. The first-order valence-corrected chi connectivity index (χ1v) is 12.6. The third-order valence-electron chi connectivity index (χ3n) is 5.94. The Hall–Kier alpha value is -1.71. The minimum Gasteiger partial charge on any atom is -0.469 e. The van der Waals surface area contributed by atoms with Gasteiger partial charge >= 0.3 is 0 Å². The molecule has 1 saturated heterocycles. The predicted molar refractivity (Wildman–Crippen MR) is 111 cm³/mol. The van der Waals surface area contributed by atoms with Crippen molar-refractivity contribution in [3.05, 3.63) is 39.7 Å². The fourth-order valence-electron chi connectivity index (χ4n) is 4.30. The second kappa shape index (κ2) is 7.52. The van der Waals surface area contributed by atoms with Gasteiger partial charge in [-0.15, -0.1) is 11.3 Å². The van der Waals surface area contributed by atoms with Crippen molar-refractivity contribution in [1.82, 2.24) is 14.2 Å². The van der Waals surface area contributed by atoms with Crippen molar-refractivity contribution >= 4 is 27.3 Å². The number of amides is 1. The lowest BCUT2D eigenvalue weighted by Crippen LogP contribution is -2.54. The van der Waals surface area contributed by atoms with Gasteiger partial charge in [-0.25, -0.2) is 17.7 Å². The molecule has 1 fully saturated rings. The van der Waals surface area contributed by atoms with E-state index in [1.807, 2.05) is 11.0 Å². The topological polar surface area (TPSA) is 83.7 Å². The Morgan fingerprint density at radius 3 is 2.66 bits per heavy atom. The van der Waals surface area contributed by atoms with Crippen molar-refractivity contribution in [2.24, 2.45) is 0 Å². The molecule has 9 heteroatoms. The molecule has 2 aliphatic rings. The number of nitrogens with zero attached hydrogens (tertiary/aromatic N) is 3. The summed E-state index contributed by atoms with van der Waals surface area (Å²) < 4.78 is 30.9. The number of sulfonamides is 1. The molecule has 4 rings (SSSR count). The molecule has 1 amide bonds. The highest BCUT2D eigenvalue weighted by atomic mass is 32.2. The molecule has 29 heavy (non-hydrogen) atoms. The average Bonchev–Trinajstić information content (AvgIpc) is 3.31. The molecule has 2 aromatic rings. The highest BCUT2D eigenvalue weighted by molar-refractivity contribution is 7.88. The Kier molecular flexibility index (Phi) is 5.33. The number of thiazole rings is 1. The highest BCUT2D eigenvalue weighted by Crippen LogP contribution is 2.44. The molecule has 0 saturated carbocycles. The van der Waals surface area contributed by atoms with Crippen molar-refractivity contribution in [2.45, 2.75) is 51.0 Å². The molecule has 1 spiro atoms. The Labute approximate surface area is 175 Å². The van der Waals surface area contributed by atoms with Gasteiger partial charge in [0.25, 0.3) is 0 Å². The lowest BCUT2D eigenvalue weighted by atomic mass is 9.73. The van der Waals surface area contributed by atoms with Crippen molar-refractivity contribution in [3.63, 3.8) is 0 Å². The number of carbonyl (C=O) groups is 1. The Morgan fingerprint density at radius 1 is 1.34 bits per heavy atom. The van der Waals surface area contributed by atoms with Crippen molar-refractivity contribution in [2.75, 3.05) is 25.9 Å². The van der Waals surface area contributed by atoms with E-state index in [9.17, 15) is 13.2 Å². The molecule has 0 N–H and O–H groups in total. The Morgan fingerprint density at radius 2 is 2.07 bits per heavy atom. The molecule has 0 aromatic carbocycles. The maximum Gasteiger partial charge on any atom is 0.230 e. The summed E-state index contributed by atoms with van der Waals surface area (Å²) in [6.45, 7) is 6.33. The monoisotopic (exact) mass is 437 g/mol. The Bertz CT molecular complexity index is 987. The van der Waals surface area contributed by atoms with Crippen LogP contribution in [0.25, 0.3) is 0 Å². The van der Waals surface area contributed by atoms with E-state index in [2.05, 4.69) is 13.8 Å². The van der Waals surface area contributed by atoms with Gasteiger partial charge in [-0.05, 0) is 25.0 Å². The molecule has 4 heterocycles. The van der Waals surface area contributed by atoms with Crippen LogP contribution in [0.15, 0.2) is 22.8 Å². The van der Waals surface area contributed by atoms with Crippen LogP contribution < -0.4 is 0 Å². The van der Waals surface area contributed by atoms with E-state index in [1.165, 1.54) is 10.6 Å². The van der Waals surface area contributed by atoms with Crippen molar-refractivity contribution in [1.29, 1.82) is 0 Å². The van der Waals surface area contributed by atoms with E-state index in [4.69, 9.17) is 9.40 Å². The molecule has 0 aliphatic carbocycles. The zero-order valence-corrected chi connectivity index (χ0v) is 18.7. The number of furan rings is 1. The van der Waals surface area contributed by atoms with Gasteiger partial charge in [-0.2, -0.15) is 0 Å². The van der Waals surface area contributed by atoms with E-state index in [-0.39, 0.29) is 17.7 Å². The molecule has 2 aromatic heterocycles. The summed E-state index contributed by atoms with van der Waals surface area (Å²) in [5.41, 5.74) is 0.804. The van der Waals surface area contributed by atoms with Gasteiger partial charge in [0, 0.05) is 35.8 Å². The van der Waals surface area contributed by atoms with E-state index >= 15 is 0 Å². The van der Waals surface area contributed by atoms with Gasteiger partial charge in [0.05, 0.1) is 36.2 Å². The third kappa shape index (κ3) is 4.00. The van der Waals surface area contributed by atoms with Gasteiger partial charge in [-0.1, -0.05) is 13.8 Å². The largest absolute Gasteiger partial charge is 0.469 e. The van der Waals surface area contributed by atoms with E-state index < -0.39 is 10.0 Å². The number of aromatic nitrogens is 1. The number of carbonyl (C=O) groups excluding carboxylic acids is 1. The summed E-state index contributed by atoms with van der Waals surface area (Å²) in [5.74, 6) is 1.02. The molecular formula is C20H27N3O4S2.